The highest BCUT2D eigenvalue weighted by atomic mass is 16.1. The van der Waals surface area contributed by atoms with Crippen LogP contribution in [0.1, 0.15) is 0 Å². The van der Waals surface area contributed by atoms with E-state index in [-0.39, 0.29) is 5.78 Å². The van der Waals surface area contributed by atoms with Gasteiger partial charge in [0.25, 0.3) is 0 Å². The number of carbonyl (C=O) groups excluding carboxylic acids is 1. The fourth-order valence-electron chi connectivity index (χ4n) is 0.245. The van der Waals surface area contributed by atoms with Crippen LogP contribution in [0.5, 0.6) is 0 Å². The van der Waals surface area contributed by atoms with Gasteiger partial charge in [-0.25, -0.2) is 0 Å². The summed E-state index contributed by atoms with van der Waals surface area (Å²) in [7, 11) is 0. The minimum absolute atomic E-state index is 0.199. The Morgan fingerprint density at radius 1 is 1.12 bits per heavy atom. The molecule has 0 saturated carbocycles. The summed E-state index contributed by atoms with van der Waals surface area (Å²) in [5, 5.41) is 0. The highest BCUT2D eigenvalue weighted by Gasteiger charge is 1.81. The summed E-state index contributed by atoms with van der Waals surface area (Å²) in [4.78, 5) is 10.3. The first-order valence-corrected chi connectivity index (χ1v) is 2.11. The van der Waals surface area contributed by atoms with Crippen molar-refractivity contribution in [1.29, 1.82) is 0 Å². The third-order valence-electron chi connectivity index (χ3n) is 0.521. The van der Waals surface area contributed by atoms with Crippen LogP contribution in [0.15, 0.2) is 24.6 Å². The molecule has 0 amide bonds. The summed E-state index contributed by atoms with van der Waals surface area (Å²) in [5.74, 6) is -0.199. The number of hydrogen-bond donors (Lipinski definition) is 2. The molecular weight excluding hydrogens is 104 g/mol. The Balaban J connectivity index is 3.66. The molecule has 0 radical (unpaired) electrons. The predicted octanol–water partition coefficient (Wildman–Crippen LogP) is -0.500. The molecule has 0 saturated heterocycles. The number of hydrogen-bond acceptors (Lipinski definition) is 3. The molecule has 0 aliphatic heterocycles. The van der Waals surface area contributed by atoms with Gasteiger partial charge in [0, 0.05) is 12.2 Å². The van der Waals surface area contributed by atoms with E-state index >= 15 is 0 Å². The zero-order valence-electron chi connectivity index (χ0n) is 4.37. The highest BCUT2D eigenvalue weighted by molar-refractivity contribution is 5.98. The van der Waals surface area contributed by atoms with E-state index in [4.69, 9.17) is 11.5 Å². The van der Waals surface area contributed by atoms with E-state index in [1.54, 1.807) is 0 Å². The van der Waals surface area contributed by atoms with Crippen LogP contribution in [0.25, 0.3) is 0 Å². The Labute approximate surface area is 47.7 Å². The van der Waals surface area contributed by atoms with Crippen molar-refractivity contribution >= 4 is 5.78 Å². The molecule has 0 fully saturated rings. The van der Waals surface area contributed by atoms with Crippen molar-refractivity contribution in [1.82, 2.24) is 0 Å². The van der Waals surface area contributed by atoms with Crippen LogP contribution >= 0.6 is 0 Å². The number of ketones is 1. The summed E-state index contributed by atoms with van der Waals surface area (Å²) in [6.45, 7) is 0. The zero-order valence-corrected chi connectivity index (χ0v) is 4.37. The van der Waals surface area contributed by atoms with E-state index < -0.39 is 0 Å². The first-order valence-electron chi connectivity index (χ1n) is 2.11. The van der Waals surface area contributed by atoms with E-state index in [9.17, 15) is 4.79 Å². The van der Waals surface area contributed by atoms with Crippen molar-refractivity contribution in [3.63, 3.8) is 0 Å². The van der Waals surface area contributed by atoms with E-state index in [0.717, 1.165) is 0 Å². The zero-order chi connectivity index (χ0) is 6.41. The summed E-state index contributed by atoms with van der Waals surface area (Å²) in [5.41, 5.74) is 9.77. The number of nitrogens with two attached hydrogens (primary N) is 2. The average Bonchev–Trinajstić information content (AvgIpc) is 1.68. The highest BCUT2D eigenvalue weighted by Crippen LogP contribution is 1.73. The van der Waals surface area contributed by atoms with Crippen LogP contribution in [-0.4, -0.2) is 5.78 Å². The van der Waals surface area contributed by atoms with E-state index in [0.29, 0.717) is 0 Å². The second kappa shape index (κ2) is 3.92. The van der Waals surface area contributed by atoms with Gasteiger partial charge in [0.05, 0.1) is 0 Å². The molecule has 3 nitrogen and oxygen atoms in total. The molecule has 4 N–H and O–H groups in total. The molecule has 3 heteroatoms. The van der Waals surface area contributed by atoms with Crippen LogP contribution in [-0.2, 0) is 4.79 Å². The van der Waals surface area contributed by atoms with Crippen molar-refractivity contribution in [3.05, 3.63) is 24.6 Å². The molecule has 8 heavy (non-hydrogen) atoms. The molecule has 0 spiro atoms. The fourth-order valence-corrected chi connectivity index (χ4v) is 0.245. The van der Waals surface area contributed by atoms with Gasteiger partial charge < -0.3 is 11.5 Å². The van der Waals surface area contributed by atoms with E-state index in [2.05, 4.69) is 0 Å². The standard InChI is InChI=1S/C5H8N2O/c6-3-1-5(8)2-4-7/h1-4H,6-7H2/b3-1+,4-2+. The lowest BCUT2D eigenvalue weighted by Crippen LogP contribution is -1.90. The molecule has 0 aromatic rings. The second-order valence-electron chi connectivity index (χ2n) is 1.12. The Bertz CT molecular complexity index is 112. The van der Waals surface area contributed by atoms with Crippen LogP contribution in [0.3, 0.4) is 0 Å². The van der Waals surface area contributed by atoms with Crippen LogP contribution < -0.4 is 11.5 Å². The fraction of sp³-hybridized carbons (Fsp3) is 0. The molecule has 0 bridgehead atoms. The lowest BCUT2D eigenvalue weighted by Gasteiger charge is -1.75. The Hall–Kier alpha value is -1.25. The Kier molecular flexibility index (Phi) is 3.31. The maximum Gasteiger partial charge on any atom is 0.181 e. The molecule has 0 aliphatic rings. The molecule has 0 atom stereocenters. The topological polar surface area (TPSA) is 69.1 Å². The maximum atomic E-state index is 10.3. The van der Waals surface area contributed by atoms with Gasteiger partial charge in [-0.15, -0.1) is 0 Å². The van der Waals surface area contributed by atoms with Gasteiger partial charge >= 0.3 is 0 Å². The Morgan fingerprint density at radius 3 is 1.75 bits per heavy atom. The van der Waals surface area contributed by atoms with Crippen LogP contribution in [0, 0.1) is 0 Å². The van der Waals surface area contributed by atoms with Crippen molar-refractivity contribution in [2.24, 2.45) is 11.5 Å². The molecule has 0 rings (SSSR count). The van der Waals surface area contributed by atoms with Crippen LogP contribution in [0.4, 0.5) is 0 Å². The molecular formula is C5H8N2O. The lowest BCUT2D eigenvalue weighted by molar-refractivity contribution is -0.110. The third kappa shape index (κ3) is 2.96. The van der Waals surface area contributed by atoms with Crippen molar-refractivity contribution < 1.29 is 4.79 Å². The predicted molar refractivity (Wildman–Crippen MR) is 31.7 cm³/mol. The van der Waals surface area contributed by atoms with Crippen molar-refractivity contribution in [3.8, 4) is 0 Å². The maximum absolute atomic E-state index is 10.3. The van der Waals surface area contributed by atoms with Gasteiger partial charge in [-0.3, -0.25) is 4.79 Å². The monoisotopic (exact) mass is 112 g/mol. The van der Waals surface area contributed by atoms with Gasteiger partial charge in [0.2, 0.25) is 0 Å². The Morgan fingerprint density at radius 2 is 1.50 bits per heavy atom. The number of carbonyl (C=O) groups is 1. The molecule has 0 aliphatic carbocycles. The molecule has 44 valence electrons. The second-order valence-corrected chi connectivity index (χ2v) is 1.12. The number of rotatable bonds is 2. The minimum atomic E-state index is -0.199. The first kappa shape index (κ1) is 6.75. The van der Waals surface area contributed by atoms with Gasteiger partial charge in [0.1, 0.15) is 0 Å². The smallest absolute Gasteiger partial charge is 0.181 e. The van der Waals surface area contributed by atoms with E-state index in [1.807, 2.05) is 0 Å². The largest absolute Gasteiger partial charge is 0.404 e. The SMILES string of the molecule is N/C=C/C(=O)/C=C/N. The van der Waals surface area contributed by atoms with Gasteiger partial charge in [-0.05, 0) is 12.4 Å². The van der Waals surface area contributed by atoms with Crippen LogP contribution in [0.2, 0.25) is 0 Å². The van der Waals surface area contributed by atoms with Gasteiger partial charge in [-0.2, -0.15) is 0 Å². The normalized spacial score (nSPS) is 11.0. The molecule has 0 heterocycles. The third-order valence-corrected chi connectivity index (χ3v) is 0.521. The van der Waals surface area contributed by atoms with Crippen molar-refractivity contribution in [2.75, 3.05) is 0 Å². The molecule has 0 unspecified atom stereocenters. The van der Waals surface area contributed by atoms with E-state index in [1.165, 1.54) is 24.6 Å². The van der Waals surface area contributed by atoms with Crippen molar-refractivity contribution in [2.45, 2.75) is 0 Å². The minimum Gasteiger partial charge on any atom is -0.404 e. The quantitative estimate of drug-likeness (QED) is 0.473. The summed E-state index contributed by atoms with van der Waals surface area (Å²) in [6, 6.07) is 0. The van der Waals surface area contributed by atoms with Gasteiger partial charge in [-0.1, -0.05) is 0 Å². The lowest BCUT2D eigenvalue weighted by atomic mass is 10.4. The average molecular weight is 112 g/mol. The number of allylic oxidation sites excluding steroid dienone is 2. The van der Waals surface area contributed by atoms with Gasteiger partial charge in [0.15, 0.2) is 5.78 Å². The summed E-state index contributed by atoms with van der Waals surface area (Å²) >= 11 is 0. The summed E-state index contributed by atoms with van der Waals surface area (Å²) < 4.78 is 0. The first-order chi connectivity index (χ1) is 3.81. The molecule has 0 aromatic carbocycles. The molecule has 0 aromatic heterocycles. The summed E-state index contributed by atoms with van der Waals surface area (Å²) in [6.07, 6.45) is 4.79.